The Labute approximate surface area is 392 Å². The molecule has 0 unspecified atom stereocenters. The van der Waals surface area contributed by atoms with Crippen molar-refractivity contribution in [3.63, 3.8) is 0 Å². The lowest BCUT2D eigenvalue weighted by Gasteiger charge is -2.50. The summed E-state index contributed by atoms with van der Waals surface area (Å²) in [7, 11) is 0. The highest BCUT2D eigenvalue weighted by Gasteiger charge is 2.57. The Bertz CT molecular complexity index is 3630. The fourth-order valence-electron chi connectivity index (χ4n) is 13.4. The number of fused-ring (bicyclic) bond motifs is 14. The van der Waals surface area contributed by atoms with Crippen molar-refractivity contribution >= 4 is 44.6 Å². The normalized spacial score (nSPS) is 20.3. The van der Waals surface area contributed by atoms with Crippen LogP contribution in [0.15, 0.2) is 228 Å². The maximum Gasteiger partial charge on any atom is 0.159 e. The van der Waals surface area contributed by atoms with Crippen molar-refractivity contribution in [2.75, 3.05) is 4.90 Å². The average molecular weight is 860 g/mol. The lowest BCUT2D eigenvalue weighted by molar-refractivity contribution is 0.607. The quantitative estimate of drug-likeness (QED) is 0.171. The summed E-state index contributed by atoms with van der Waals surface area (Å²) in [6.45, 7) is 4.84. The van der Waals surface area contributed by atoms with Crippen LogP contribution in [0.3, 0.4) is 0 Å². The summed E-state index contributed by atoms with van der Waals surface area (Å²) in [6, 6.07) is 68.9. The molecule has 2 heteroatoms. The molecule has 14 rings (SSSR count). The van der Waals surface area contributed by atoms with Gasteiger partial charge >= 0.3 is 0 Å². The van der Waals surface area contributed by atoms with Gasteiger partial charge < -0.3 is 9.32 Å². The number of furan rings is 1. The van der Waals surface area contributed by atoms with Gasteiger partial charge in [-0.25, -0.2) is 0 Å². The summed E-state index contributed by atoms with van der Waals surface area (Å²) >= 11 is 0. The fraction of sp³-hybridized carbons (Fsp3) is 0.138. The molecule has 1 heterocycles. The first-order valence-corrected chi connectivity index (χ1v) is 24.1. The van der Waals surface area contributed by atoms with E-state index < -0.39 is 10.8 Å². The van der Waals surface area contributed by atoms with Gasteiger partial charge in [0.15, 0.2) is 5.58 Å². The van der Waals surface area contributed by atoms with E-state index >= 15 is 0 Å². The van der Waals surface area contributed by atoms with Crippen LogP contribution in [0, 0.1) is 0 Å². The van der Waals surface area contributed by atoms with Crippen LogP contribution in [0.1, 0.15) is 89.6 Å². The van der Waals surface area contributed by atoms with Crippen LogP contribution in [0.5, 0.6) is 0 Å². The SMILES string of the molecule is CC1(C)C2=C(C=CCC2)c2ccc(N(c3ccc4c(c3)C3(c5ccccc5-4)c4ccccc4C(C4=CCCC=C4)(c4ccccc4)c4ccccc43)c3cccc4c3oc3ccccc34)cc21. The minimum atomic E-state index is -0.612. The third kappa shape index (κ3) is 5.05. The van der Waals surface area contributed by atoms with Gasteiger partial charge in [-0.2, -0.15) is 0 Å². The molecule has 5 aliphatic carbocycles. The highest BCUT2D eigenvalue weighted by molar-refractivity contribution is 6.10. The molecule has 0 aliphatic heterocycles. The maximum absolute atomic E-state index is 6.92. The molecule has 0 N–H and O–H groups in total. The number of allylic oxidation sites excluding steroid dienone is 8. The maximum atomic E-state index is 6.92. The van der Waals surface area contributed by atoms with E-state index in [9.17, 15) is 0 Å². The second kappa shape index (κ2) is 14.2. The first-order valence-electron chi connectivity index (χ1n) is 24.1. The van der Waals surface area contributed by atoms with Gasteiger partial charge in [0.2, 0.25) is 0 Å². The van der Waals surface area contributed by atoms with E-state index in [0.29, 0.717) is 0 Å². The summed E-state index contributed by atoms with van der Waals surface area (Å²) in [5.74, 6) is 0. The molecule has 67 heavy (non-hydrogen) atoms. The fourth-order valence-corrected chi connectivity index (χ4v) is 13.4. The van der Waals surface area contributed by atoms with E-state index in [1.165, 1.54) is 72.3 Å². The van der Waals surface area contributed by atoms with Crippen LogP contribution in [-0.2, 0) is 16.2 Å². The van der Waals surface area contributed by atoms with Crippen molar-refractivity contribution in [1.29, 1.82) is 0 Å². The van der Waals surface area contributed by atoms with E-state index in [4.69, 9.17) is 4.42 Å². The predicted molar refractivity (Wildman–Crippen MR) is 277 cm³/mol. The van der Waals surface area contributed by atoms with E-state index in [1.54, 1.807) is 5.57 Å². The van der Waals surface area contributed by atoms with Crippen LogP contribution in [0.25, 0.3) is 38.6 Å². The highest BCUT2D eigenvalue weighted by atomic mass is 16.3. The molecule has 9 aromatic rings. The monoisotopic (exact) mass is 859 g/mol. The van der Waals surface area contributed by atoms with Gasteiger partial charge in [0, 0.05) is 27.6 Å². The minimum absolute atomic E-state index is 0.0875. The molecular formula is C65H49NO. The summed E-state index contributed by atoms with van der Waals surface area (Å²) in [5, 5.41) is 2.24. The zero-order valence-electron chi connectivity index (χ0n) is 37.9. The van der Waals surface area contributed by atoms with Gasteiger partial charge in [-0.1, -0.05) is 195 Å². The van der Waals surface area contributed by atoms with Gasteiger partial charge in [-0.15, -0.1) is 0 Å². The summed E-state index contributed by atoms with van der Waals surface area (Å²) in [6.07, 6.45) is 16.3. The van der Waals surface area contributed by atoms with Gasteiger partial charge in [0.1, 0.15) is 5.58 Å². The highest BCUT2D eigenvalue weighted by Crippen LogP contribution is 2.65. The Morgan fingerprint density at radius 2 is 1.07 bits per heavy atom. The van der Waals surface area contributed by atoms with Crippen LogP contribution in [0.4, 0.5) is 17.1 Å². The molecule has 0 fully saturated rings. The number of anilines is 3. The standard InChI is InChI=1S/C65H49NO/c1-63(2)52-28-12-9-24-46(52)48-38-36-44(40-58(48)63)66(60-34-19-27-51-50-26-11-18-35-61(50)67-62(51)60)45-37-39-49-47-25-10-13-29-53(47)65(59(49)41-45)56-32-16-14-30-54(56)64(42-20-5-3-6-21-42,43-22-7-4-8-23-43)55-31-15-17-33-57(55)65/h3,5-7,9-11,13-27,29-41H,4,8,12,28H2,1-2H3. The molecule has 320 valence electrons. The van der Waals surface area contributed by atoms with E-state index in [-0.39, 0.29) is 5.41 Å². The molecule has 0 saturated heterocycles. The molecule has 0 bridgehead atoms. The molecule has 2 nitrogen and oxygen atoms in total. The van der Waals surface area contributed by atoms with Crippen molar-refractivity contribution < 1.29 is 4.42 Å². The third-order valence-corrected chi connectivity index (χ3v) is 16.2. The lowest BCUT2D eigenvalue weighted by Crippen LogP contribution is -2.45. The first kappa shape index (κ1) is 38.6. The Morgan fingerprint density at radius 1 is 0.463 bits per heavy atom. The molecule has 0 saturated carbocycles. The smallest absolute Gasteiger partial charge is 0.159 e. The second-order valence-corrected chi connectivity index (χ2v) is 19.6. The summed E-state index contributed by atoms with van der Waals surface area (Å²) in [4.78, 5) is 2.48. The molecule has 0 amide bonds. The molecule has 5 aliphatic rings. The molecular weight excluding hydrogens is 811 g/mol. The van der Waals surface area contributed by atoms with Crippen molar-refractivity contribution in [2.24, 2.45) is 0 Å². The van der Waals surface area contributed by atoms with Crippen LogP contribution in [0.2, 0.25) is 0 Å². The predicted octanol–water partition coefficient (Wildman–Crippen LogP) is 16.7. The number of hydrogen-bond donors (Lipinski definition) is 0. The number of nitrogens with zero attached hydrogens (tertiary/aromatic N) is 1. The number of benzene rings is 8. The van der Waals surface area contributed by atoms with Gasteiger partial charge in [0.05, 0.1) is 16.5 Å². The topological polar surface area (TPSA) is 16.4 Å². The Kier molecular flexibility index (Phi) is 8.15. The van der Waals surface area contributed by atoms with Crippen molar-refractivity contribution in [1.82, 2.24) is 0 Å². The Morgan fingerprint density at radius 3 is 1.82 bits per heavy atom. The van der Waals surface area contributed by atoms with E-state index in [0.717, 1.165) is 64.7 Å². The second-order valence-electron chi connectivity index (χ2n) is 19.6. The van der Waals surface area contributed by atoms with Gasteiger partial charge in [-0.05, 0) is 134 Å². The number of hydrogen-bond acceptors (Lipinski definition) is 2. The molecule has 1 spiro atoms. The zero-order chi connectivity index (χ0) is 44.5. The molecule has 1 aromatic heterocycles. The van der Waals surface area contributed by atoms with E-state index in [1.807, 2.05) is 0 Å². The van der Waals surface area contributed by atoms with Crippen molar-refractivity contribution in [2.45, 2.75) is 55.8 Å². The summed E-state index contributed by atoms with van der Waals surface area (Å²) in [5.41, 5.74) is 22.6. The zero-order valence-corrected chi connectivity index (χ0v) is 37.9. The van der Waals surface area contributed by atoms with Crippen LogP contribution >= 0.6 is 0 Å². The molecule has 0 atom stereocenters. The lowest BCUT2D eigenvalue weighted by atomic mass is 9.51. The summed E-state index contributed by atoms with van der Waals surface area (Å²) < 4.78 is 6.92. The average Bonchev–Trinajstić information content (AvgIpc) is 3.99. The van der Waals surface area contributed by atoms with Crippen molar-refractivity contribution in [3.05, 3.63) is 274 Å². The molecule has 8 aromatic carbocycles. The largest absolute Gasteiger partial charge is 0.454 e. The van der Waals surface area contributed by atoms with Gasteiger partial charge in [0.25, 0.3) is 0 Å². The van der Waals surface area contributed by atoms with Gasteiger partial charge in [-0.3, -0.25) is 0 Å². The Balaban J connectivity index is 1.07. The van der Waals surface area contributed by atoms with Crippen LogP contribution < -0.4 is 4.90 Å². The number of rotatable bonds is 5. The van der Waals surface area contributed by atoms with E-state index in [2.05, 4.69) is 231 Å². The number of para-hydroxylation sites is 2. The third-order valence-electron chi connectivity index (χ3n) is 16.2. The minimum Gasteiger partial charge on any atom is -0.454 e. The van der Waals surface area contributed by atoms with Crippen molar-refractivity contribution in [3.8, 4) is 11.1 Å². The van der Waals surface area contributed by atoms with Crippen LogP contribution in [-0.4, -0.2) is 0 Å². The Hall–Kier alpha value is -7.68. The molecule has 0 radical (unpaired) electrons. The first-order chi connectivity index (χ1) is 33.0.